The van der Waals surface area contributed by atoms with Crippen LogP contribution in [0.15, 0.2) is 0 Å². The number of carbonyl (C=O) groups is 1. The van der Waals surface area contributed by atoms with Crippen molar-refractivity contribution in [3.05, 3.63) is 0 Å². The van der Waals surface area contributed by atoms with Gasteiger partial charge in [0.2, 0.25) is 5.91 Å². The first-order valence-electron chi connectivity index (χ1n) is 7.70. The van der Waals surface area contributed by atoms with Crippen molar-refractivity contribution in [3.8, 4) is 0 Å². The Hall–Kier alpha value is -0.530. The molecule has 1 saturated carbocycles. The van der Waals surface area contributed by atoms with Gasteiger partial charge in [0.1, 0.15) is 0 Å². The van der Waals surface area contributed by atoms with E-state index in [0.717, 1.165) is 38.1 Å². The van der Waals surface area contributed by atoms with E-state index in [0.29, 0.717) is 11.3 Å². The van der Waals surface area contributed by atoms with Crippen LogP contribution in [0.5, 0.6) is 0 Å². The molecule has 1 N–H and O–H groups in total. The van der Waals surface area contributed by atoms with E-state index in [2.05, 4.69) is 33.0 Å². The number of nitrogens with one attached hydrogen (secondary N) is 1. The van der Waals surface area contributed by atoms with Crippen LogP contribution in [0.4, 0.5) is 0 Å². The molecule has 1 aliphatic rings. The van der Waals surface area contributed by atoms with E-state index in [4.69, 9.17) is 0 Å². The van der Waals surface area contributed by atoms with Gasteiger partial charge in [0.15, 0.2) is 0 Å². The van der Waals surface area contributed by atoms with Gasteiger partial charge in [-0.05, 0) is 49.9 Å². The molecule has 2 heteroatoms. The molecule has 0 aromatic carbocycles. The molecule has 0 unspecified atom stereocenters. The average Bonchev–Trinajstić information content (AvgIpc) is 2.28. The molecule has 0 aromatic heterocycles. The minimum absolute atomic E-state index is 0.290. The highest BCUT2D eigenvalue weighted by Crippen LogP contribution is 2.36. The Balaban J connectivity index is 2.24. The van der Waals surface area contributed by atoms with E-state index in [1.165, 1.54) is 19.3 Å². The Kier molecular flexibility index (Phi) is 6.17. The maximum atomic E-state index is 12.0. The van der Waals surface area contributed by atoms with Gasteiger partial charge in [-0.15, -0.1) is 0 Å². The first-order valence-corrected chi connectivity index (χ1v) is 7.70. The lowest BCUT2D eigenvalue weighted by atomic mass is 9.74. The van der Waals surface area contributed by atoms with Crippen molar-refractivity contribution in [1.82, 2.24) is 5.32 Å². The molecule has 1 fully saturated rings. The molecule has 1 rings (SSSR count). The summed E-state index contributed by atoms with van der Waals surface area (Å²) in [5.74, 6) is 1.43. The Morgan fingerprint density at radius 3 is 2.28 bits per heavy atom. The molecular formula is C16H31NO. The van der Waals surface area contributed by atoms with Crippen molar-refractivity contribution in [2.75, 3.05) is 6.54 Å². The van der Waals surface area contributed by atoms with Crippen molar-refractivity contribution in [1.29, 1.82) is 0 Å². The summed E-state index contributed by atoms with van der Waals surface area (Å²) in [6.07, 6.45) is 8.23. The standard InChI is InChI=1S/C16H31NO/c1-5-6-11-17-15(18)14-9-7-13(8-10-14)12-16(2,3)4/h13-14H,5-12H2,1-4H3,(H,17,18). The first-order chi connectivity index (χ1) is 8.42. The summed E-state index contributed by atoms with van der Waals surface area (Å²) in [6, 6.07) is 0. The lowest BCUT2D eigenvalue weighted by Crippen LogP contribution is -2.34. The van der Waals surface area contributed by atoms with Crippen LogP contribution in [0.1, 0.15) is 72.6 Å². The predicted molar refractivity (Wildman–Crippen MR) is 77.4 cm³/mol. The minimum atomic E-state index is 0.290. The number of hydrogen-bond acceptors (Lipinski definition) is 1. The normalized spacial score (nSPS) is 24.9. The van der Waals surface area contributed by atoms with Crippen molar-refractivity contribution in [2.45, 2.75) is 72.6 Å². The first kappa shape index (κ1) is 15.5. The summed E-state index contributed by atoms with van der Waals surface area (Å²) in [5, 5.41) is 3.08. The third-order valence-corrected chi connectivity index (χ3v) is 3.95. The third kappa shape index (κ3) is 5.88. The highest BCUT2D eigenvalue weighted by molar-refractivity contribution is 5.78. The summed E-state index contributed by atoms with van der Waals surface area (Å²) < 4.78 is 0. The lowest BCUT2D eigenvalue weighted by molar-refractivity contribution is -0.126. The highest BCUT2D eigenvalue weighted by Gasteiger charge is 2.28. The summed E-state index contributed by atoms with van der Waals surface area (Å²) in [6.45, 7) is 9.96. The fourth-order valence-corrected chi connectivity index (χ4v) is 3.03. The molecule has 0 bridgehead atoms. The number of hydrogen-bond donors (Lipinski definition) is 1. The maximum absolute atomic E-state index is 12.0. The zero-order valence-corrected chi connectivity index (χ0v) is 12.7. The summed E-state index contributed by atoms with van der Waals surface area (Å²) in [7, 11) is 0. The van der Waals surface area contributed by atoms with Crippen LogP contribution in [-0.4, -0.2) is 12.5 Å². The topological polar surface area (TPSA) is 29.1 Å². The summed E-state index contributed by atoms with van der Waals surface area (Å²) >= 11 is 0. The second kappa shape index (κ2) is 7.16. The fraction of sp³-hybridized carbons (Fsp3) is 0.938. The molecule has 18 heavy (non-hydrogen) atoms. The number of carbonyl (C=O) groups excluding carboxylic acids is 1. The van der Waals surface area contributed by atoms with Crippen LogP contribution in [0, 0.1) is 17.3 Å². The SMILES string of the molecule is CCCCNC(=O)C1CCC(CC(C)(C)C)CC1. The monoisotopic (exact) mass is 253 g/mol. The van der Waals surface area contributed by atoms with E-state index in [9.17, 15) is 4.79 Å². The average molecular weight is 253 g/mol. The third-order valence-electron chi connectivity index (χ3n) is 3.95. The number of unbranched alkanes of at least 4 members (excludes halogenated alkanes) is 1. The van der Waals surface area contributed by atoms with Crippen LogP contribution < -0.4 is 5.32 Å². The molecule has 0 spiro atoms. The molecule has 2 nitrogen and oxygen atoms in total. The Morgan fingerprint density at radius 2 is 1.78 bits per heavy atom. The largest absolute Gasteiger partial charge is 0.356 e. The van der Waals surface area contributed by atoms with Gasteiger partial charge >= 0.3 is 0 Å². The molecule has 0 atom stereocenters. The van der Waals surface area contributed by atoms with Gasteiger partial charge < -0.3 is 5.32 Å². The van der Waals surface area contributed by atoms with Crippen molar-refractivity contribution in [3.63, 3.8) is 0 Å². The van der Waals surface area contributed by atoms with Gasteiger partial charge in [0.25, 0.3) is 0 Å². The molecule has 0 saturated heterocycles. The highest BCUT2D eigenvalue weighted by atomic mass is 16.1. The molecule has 106 valence electrons. The van der Waals surface area contributed by atoms with Crippen molar-refractivity contribution in [2.24, 2.45) is 17.3 Å². The van der Waals surface area contributed by atoms with Crippen LogP contribution in [0.3, 0.4) is 0 Å². The zero-order chi connectivity index (χ0) is 13.6. The van der Waals surface area contributed by atoms with Gasteiger partial charge in [-0.25, -0.2) is 0 Å². The minimum Gasteiger partial charge on any atom is -0.356 e. The second-order valence-electron chi connectivity index (χ2n) is 7.13. The van der Waals surface area contributed by atoms with Crippen molar-refractivity contribution < 1.29 is 4.79 Å². The van der Waals surface area contributed by atoms with Gasteiger partial charge in [-0.1, -0.05) is 34.1 Å². The smallest absolute Gasteiger partial charge is 0.223 e. The van der Waals surface area contributed by atoms with Crippen molar-refractivity contribution >= 4 is 5.91 Å². The maximum Gasteiger partial charge on any atom is 0.223 e. The van der Waals surface area contributed by atoms with Gasteiger partial charge in [0, 0.05) is 12.5 Å². The van der Waals surface area contributed by atoms with Crippen LogP contribution >= 0.6 is 0 Å². The molecule has 0 heterocycles. The predicted octanol–water partition coefficient (Wildman–Crippen LogP) is 4.15. The summed E-state index contributed by atoms with van der Waals surface area (Å²) in [4.78, 5) is 12.0. The van der Waals surface area contributed by atoms with Crippen LogP contribution in [0.25, 0.3) is 0 Å². The second-order valence-corrected chi connectivity index (χ2v) is 7.13. The van der Waals surface area contributed by atoms with E-state index in [-0.39, 0.29) is 5.92 Å². The lowest BCUT2D eigenvalue weighted by Gasteiger charge is -2.32. The molecule has 0 aliphatic heterocycles. The Labute approximate surface area is 113 Å². The van der Waals surface area contributed by atoms with E-state index in [1.807, 2.05) is 0 Å². The Morgan fingerprint density at radius 1 is 1.17 bits per heavy atom. The molecule has 1 aliphatic carbocycles. The molecular weight excluding hydrogens is 222 g/mol. The number of amides is 1. The van der Waals surface area contributed by atoms with E-state index in [1.54, 1.807) is 0 Å². The molecule has 1 amide bonds. The number of rotatable bonds is 5. The summed E-state index contributed by atoms with van der Waals surface area (Å²) in [5.41, 5.74) is 0.431. The fourth-order valence-electron chi connectivity index (χ4n) is 3.03. The van der Waals surface area contributed by atoms with E-state index >= 15 is 0 Å². The zero-order valence-electron chi connectivity index (χ0n) is 12.7. The van der Waals surface area contributed by atoms with Crippen LogP contribution in [-0.2, 0) is 4.79 Å². The molecule has 0 aromatic rings. The van der Waals surface area contributed by atoms with E-state index < -0.39 is 0 Å². The van der Waals surface area contributed by atoms with Gasteiger partial charge in [-0.2, -0.15) is 0 Å². The van der Waals surface area contributed by atoms with Gasteiger partial charge in [-0.3, -0.25) is 4.79 Å². The molecule has 0 radical (unpaired) electrons. The van der Waals surface area contributed by atoms with Gasteiger partial charge in [0.05, 0.1) is 0 Å². The quantitative estimate of drug-likeness (QED) is 0.733. The Bertz CT molecular complexity index is 246. The van der Waals surface area contributed by atoms with Crippen LogP contribution in [0.2, 0.25) is 0 Å².